The van der Waals surface area contributed by atoms with E-state index in [1.54, 1.807) is 14.1 Å². The van der Waals surface area contributed by atoms with Crippen LogP contribution in [0.3, 0.4) is 0 Å². The number of carbonyl (C=O) groups excluding carboxylic acids is 1. The molecule has 0 aliphatic rings. The number of hydrogen-bond acceptors (Lipinski definition) is 3. The van der Waals surface area contributed by atoms with Crippen molar-refractivity contribution in [2.45, 2.75) is 26.7 Å². The van der Waals surface area contributed by atoms with Crippen LogP contribution in [0.5, 0.6) is 0 Å². The fourth-order valence-corrected chi connectivity index (χ4v) is 0.780. The molecule has 0 aliphatic carbocycles. The van der Waals surface area contributed by atoms with Crippen molar-refractivity contribution < 1.29 is 13.6 Å². The summed E-state index contributed by atoms with van der Waals surface area (Å²) in [5.74, 6) is -0.501. The first kappa shape index (κ1) is 17.9. The van der Waals surface area contributed by atoms with Gasteiger partial charge in [0, 0.05) is 27.1 Å². The van der Waals surface area contributed by atoms with Crippen LogP contribution in [0.1, 0.15) is 20.3 Å². The lowest BCUT2D eigenvalue weighted by atomic mass is 10.3. The highest BCUT2D eigenvalue weighted by Gasteiger charge is 2.09. The molecule has 1 N–H and O–H groups in total. The second-order valence-corrected chi connectivity index (χ2v) is 2.97. The molecule has 0 fully saturated rings. The second kappa shape index (κ2) is 11.0. The molecule has 0 bridgehead atoms. The minimum atomic E-state index is -2.41. The summed E-state index contributed by atoms with van der Waals surface area (Å²) in [4.78, 5) is 11.3. The highest BCUT2D eigenvalue weighted by molar-refractivity contribution is 6.43. The van der Waals surface area contributed by atoms with Gasteiger partial charge in [-0.2, -0.15) is 5.10 Å². The zero-order valence-corrected chi connectivity index (χ0v) is 10.8. The van der Waals surface area contributed by atoms with E-state index in [2.05, 4.69) is 17.0 Å². The quantitative estimate of drug-likeness (QED) is 0.577. The summed E-state index contributed by atoms with van der Waals surface area (Å²) in [6, 6.07) is 0. The van der Waals surface area contributed by atoms with E-state index in [1.807, 2.05) is 13.8 Å². The Bertz CT molecular complexity index is 253. The molecule has 0 spiro atoms. The Labute approximate surface area is 101 Å². The Balaban J connectivity index is 0. The van der Waals surface area contributed by atoms with Gasteiger partial charge >= 0.3 is 0 Å². The maximum absolute atomic E-state index is 11.8. The molecule has 4 nitrogen and oxygen atoms in total. The minimum absolute atomic E-state index is 0.0726. The molecule has 1 amide bonds. The van der Waals surface area contributed by atoms with Crippen LogP contribution in [0, 0.1) is 0 Å². The monoisotopic (exact) mass is 249 g/mol. The summed E-state index contributed by atoms with van der Waals surface area (Å²) < 4.78 is 23.5. The number of hydrazone groups is 1. The van der Waals surface area contributed by atoms with Gasteiger partial charge in [-0.25, -0.2) is 8.78 Å². The fraction of sp³-hybridized carbons (Fsp3) is 0.636. The maximum atomic E-state index is 11.8. The first-order valence-corrected chi connectivity index (χ1v) is 5.42. The van der Waals surface area contributed by atoms with Gasteiger partial charge in [0.2, 0.25) is 6.43 Å². The van der Waals surface area contributed by atoms with Crippen LogP contribution in [0.2, 0.25) is 0 Å². The molecular weight excluding hydrogens is 228 g/mol. The Morgan fingerprint density at radius 3 is 2.35 bits per heavy atom. The highest BCUT2D eigenvalue weighted by Crippen LogP contribution is 1.96. The third kappa shape index (κ3) is 10.8. The molecule has 0 atom stereocenters. The Morgan fingerprint density at radius 1 is 1.47 bits per heavy atom. The molecule has 0 unspecified atom stereocenters. The average Bonchev–Trinajstić information content (AvgIpc) is 2.27. The SMILES string of the molecule is C=C/C(=N\N(C)C)C(=O)NCCC(F)F.CC. The van der Waals surface area contributed by atoms with Crippen molar-refractivity contribution in [1.82, 2.24) is 10.3 Å². The molecule has 0 radical (unpaired) electrons. The Kier molecular flexibility index (Phi) is 11.6. The van der Waals surface area contributed by atoms with Crippen molar-refractivity contribution in [1.29, 1.82) is 0 Å². The maximum Gasteiger partial charge on any atom is 0.271 e. The molecule has 0 saturated heterocycles. The van der Waals surface area contributed by atoms with E-state index in [4.69, 9.17) is 0 Å². The predicted octanol–water partition coefficient (Wildman–Crippen LogP) is 1.89. The van der Waals surface area contributed by atoms with Crippen molar-refractivity contribution in [3.63, 3.8) is 0 Å². The van der Waals surface area contributed by atoms with Crippen LogP contribution in [-0.2, 0) is 4.79 Å². The molecule has 17 heavy (non-hydrogen) atoms. The summed E-state index contributed by atoms with van der Waals surface area (Å²) in [6.07, 6.45) is -1.50. The van der Waals surface area contributed by atoms with E-state index in [-0.39, 0.29) is 18.7 Å². The van der Waals surface area contributed by atoms with Gasteiger partial charge < -0.3 is 10.3 Å². The van der Waals surface area contributed by atoms with Gasteiger partial charge in [0.25, 0.3) is 5.91 Å². The summed E-state index contributed by atoms with van der Waals surface area (Å²) in [5.41, 5.74) is 0.106. The average molecular weight is 249 g/mol. The van der Waals surface area contributed by atoms with Crippen LogP contribution in [0.15, 0.2) is 17.8 Å². The van der Waals surface area contributed by atoms with Gasteiger partial charge in [0.1, 0.15) is 5.71 Å². The molecule has 0 aromatic carbocycles. The molecule has 0 rings (SSSR count). The number of nitrogens with zero attached hydrogens (tertiary/aromatic N) is 2. The predicted molar refractivity (Wildman–Crippen MR) is 66.3 cm³/mol. The van der Waals surface area contributed by atoms with Gasteiger partial charge in [-0.1, -0.05) is 20.4 Å². The van der Waals surface area contributed by atoms with Crippen LogP contribution in [-0.4, -0.2) is 43.7 Å². The fourth-order valence-electron chi connectivity index (χ4n) is 0.780. The third-order valence-corrected chi connectivity index (χ3v) is 1.38. The van der Waals surface area contributed by atoms with Gasteiger partial charge in [-0.3, -0.25) is 4.79 Å². The largest absolute Gasteiger partial charge is 0.350 e. The molecule has 0 saturated carbocycles. The zero-order valence-electron chi connectivity index (χ0n) is 10.8. The molecule has 0 aliphatic heterocycles. The van der Waals surface area contributed by atoms with Gasteiger partial charge in [0.15, 0.2) is 0 Å². The second-order valence-electron chi connectivity index (χ2n) is 2.97. The lowest BCUT2D eigenvalue weighted by molar-refractivity contribution is -0.114. The first-order valence-electron chi connectivity index (χ1n) is 5.42. The van der Waals surface area contributed by atoms with Gasteiger partial charge in [-0.05, 0) is 6.08 Å². The van der Waals surface area contributed by atoms with E-state index in [1.165, 1.54) is 11.1 Å². The third-order valence-electron chi connectivity index (χ3n) is 1.38. The van der Waals surface area contributed by atoms with Gasteiger partial charge in [0.05, 0.1) is 0 Å². The van der Waals surface area contributed by atoms with Crippen LogP contribution in [0.4, 0.5) is 8.78 Å². The smallest absolute Gasteiger partial charge is 0.271 e. The Morgan fingerprint density at radius 2 is 2.00 bits per heavy atom. The van der Waals surface area contributed by atoms with E-state index in [0.29, 0.717) is 0 Å². The number of hydrogen-bond donors (Lipinski definition) is 1. The molecule has 100 valence electrons. The number of carbonyl (C=O) groups is 1. The van der Waals surface area contributed by atoms with Crippen LogP contribution < -0.4 is 5.32 Å². The summed E-state index contributed by atoms with van der Waals surface area (Å²) in [7, 11) is 3.30. The van der Waals surface area contributed by atoms with Crippen molar-refractivity contribution in [2.24, 2.45) is 5.10 Å². The minimum Gasteiger partial charge on any atom is -0.350 e. The van der Waals surface area contributed by atoms with Crippen molar-refractivity contribution in [2.75, 3.05) is 20.6 Å². The Hall–Kier alpha value is -1.46. The number of halogens is 2. The number of rotatable bonds is 6. The standard InChI is InChI=1S/C9H15F2N3O.C2H6/c1-4-7(13-14(2)3)9(15)12-6-5-8(10)11;1-2/h4,8H,1,5-6H2,2-3H3,(H,12,15);1-2H3/b13-7+;. The lowest BCUT2D eigenvalue weighted by Gasteiger charge is -2.08. The van der Waals surface area contributed by atoms with Crippen molar-refractivity contribution in [3.8, 4) is 0 Å². The van der Waals surface area contributed by atoms with E-state index in [0.717, 1.165) is 0 Å². The highest BCUT2D eigenvalue weighted by atomic mass is 19.3. The number of amides is 1. The van der Waals surface area contributed by atoms with Crippen LogP contribution >= 0.6 is 0 Å². The van der Waals surface area contributed by atoms with Crippen molar-refractivity contribution in [3.05, 3.63) is 12.7 Å². The molecule has 0 aromatic heterocycles. The van der Waals surface area contributed by atoms with Gasteiger partial charge in [-0.15, -0.1) is 0 Å². The van der Waals surface area contributed by atoms with E-state index >= 15 is 0 Å². The summed E-state index contributed by atoms with van der Waals surface area (Å²) >= 11 is 0. The normalized spacial score (nSPS) is 10.4. The summed E-state index contributed by atoms with van der Waals surface area (Å²) in [5, 5.41) is 7.58. The molecule has 0 aromatic rings. The summed E-state index contributed by atoms with van der Waals surface area (Å²) in [6.45, 7) is 7.34. The first-order chi connectivity index (χ1) is 7.97. The van der Waals surface area contributed by atoms with E-state index < -0.39 is 12.3 Å². The van der Waals surface area contributed by atoms with Crippen molar-refractivity contribution >= 4 is 11.6 Å². The molecule has 6 heteroatoms. The molecule has 0 heterocycles. The number of alkyl halides is 2. The zero-order chi connectivity index (χ0) is 13.8. The van der Waals surface area contributed by atoms with Crippen LogP contribution in [0.25, 0.3) is 0 Å². The van der Waals surface area contributed by atoms with E-state index in [9.17, 15) is 13.6 Å². The lowest BCUT2D eigenvalue weighted by Crippen LogP contribution is -2.32. The number of nitrogens with one attached hydrogen (secondary N) is 1. The molecular formula is C11H21F2N3O. The topological polar surface area (TPSA) is 44.7 Å².